The highest BCUT2D eigenvalue weighted by molar-refractivity contribution is 4.81. The highest BCUT2D eigenvalue weighted by Gasteiger charge is 2.26. The van der Waals surface area contributed by atoms with Gasteiger partial charge >= 0.3 is 0 Å². The molecule has 1 atom stereocenters. The summed E-state index contributed by atoms with van der Waals surface area (Å²) in [5, 5.41) is 3.38. The average molecular weight is 240 g/mol. The summed E-state index contributed by atoms with van der Waals surface area (Å²) in [7, 11) is 0. The number of nitrogens with one attached hydrogen (secondary N) is 1. The van der Waals surface area contributed by atoms with Gasteiger partial charge in [0.2, 0.25) is 0 Å². The van der Waals surface area contributed by atoms with Crippen LogP contribution in [0, 0.1) is 5.92 Å². The Morgan fingerprint density at radius 1 is 1.24 bits per heavy atom. The third kappa shape index (κ3) is 3.94. The molecular weight excluding hydrogens is 212 g/mol. The van der Waals surface area contributed by atoms with Crippen LogP contribution in [0.4, 0.5) is 0 Å². The Labute approximate surface area is 106 Å². The first-order valence-corrected chi connectivity index (χ1v) is 7.33. The van der Waals surface area contributed by atoms with E-state index in [1.165, 1.54) is 32.2 Å². The SMILES string of the molecule is CC(C)C1CCCN1CCOC1CCNCC1. The summed E-state index contributed by atoms with van der Waals surface area (Å²) >= 11 is 0. The van der Waals surface area contributed by atoms with Crippen molar-refractivity contribution in [1.29, 1.82) is 0 Å². The molecule has 0 aromatic heterocycles. The van der Waals surface area contributed by atoms with Crippen molar-refractivity contribution in [2.45, 2.75) is 51.7 Å². The minimum absolute atomic E-state index is 0.511. The van der Waals surface area contributed by atoms with Crippen LogP contribution in [-0.2, 0) is 4.74 Å². The molecule has 2 fully saturated rings. The van der Waals surface area contributed by atoms with Gasteiger partial charge in [0.25, 0.3) is 0 Å². The van der Waals surface area contributed by atoms with Gasteiger partial charge in [0, 0.05) is 12.6 Å². The van der Waals surface area contributed by atoms with E-state index < -0.39 is 0 Å². The molecular formula is C14H28N2O. The molecule has 2 saturated heterocycles. The van der Waals surface area contributed by atoms with Crippen molar-refractivity contribution >= 4 is 0 Å². The number of rotatable bonds is 5. The molecule has 2 aliphatic rings. The first kappa shape index (κ1) is 13.3. The molecule has 0 spiro atoms. The number of hydrogen-bond acceptors (Lipinski definition) is 3. The normalized spacial score (nSPS) is 28.1. The number of nitrogens with zero attached hydrogens (tertiary/aromatic N) is 1. The molecule has 1 unspecified atom stereocenters. The van der Waals surface area contributed by atoms with Gasteiger partial charge in [-0.05, 0) is 51.2 Å². The monoisotopic (exact) mass is 240 g/mol. The fourth-order valence-corrected chi connectivity index (χ4v) is 3.18. The van der Waals surface area contributed by atoms with E-state index in [1.807, 2.05) is 0 Å². The van der Waals surface area contributed by atoms with Crippen molar-refractivity contribution in [3.05, 3.63) is 0 Å². The van der Waals surface area contributed by atoms with Crippen LogP contribution in [0.15, 0.2) is 0 Å². The van der Waals surface area contributed by atoms with Crippen LogP contribution in [0.5, 0.6) is 0 Å². The zero-order chi connectivity index (χ0) is 12.1. The summed E-state index contributed by atoms with van der Waals surface area (Å²) in [4.78, 5) is 2.63. The van der Waals surface area contributed by atoms with Crippen LogP contribution in [-0.4, -0.2) is 49.8 Å². The van der Waals surface area contributed by atoms with E-state index >= 15 is 0 Å². The topological polar surface area (TPSA) is 24.5 Å². The van der Waals surface area contributed by atoms with Gasteiger partial charge < -0.3 is 10.1 Å². The fourth-order valence-electron chi connectivity index (χ4n) is 3.18. The predicted octanol–water partition coefficient (Wildman–Crippen LogP) is 1.88. The number of piperidine rings is 1. The van der Waals surface area contributed by atoms with Gasteiger partial charge in [-0.15, -0.1) is 0 Å². The van der Waals surface area contributed by atoms with Crippen molar-refractivity contribution < 1.29 is 4.74 Å². The lowest BCUT2D eigenvalue weighted by Gasteiger charge is -2.29. The number of hydrogen-bond donors (Lipinski definition) is 1. The molecule has 2 heterocycles. The maximum absolute atomic E-state index is 5.99. The van der Waals surface area contributed by atoms with Gasteiger partial charge in [-0.25, -0.2) is 0 Å². The standard InChI is InChI=1S/C14H28N2O/c1-12(2)14-4-3-9-16(14)10-11-17-13-5-7-15-8-6-13/h12-15H,3-11H2,1-2H3. The number of likely N-dealkylation sites (tertiary alicyclic amines) is 1. The fraction of sp³-hybridized carbons (Fsp3) is 1.00. The lowest BCUT2D eigenvalue weighted by molar-refractivity contribution is 0.0161. The van der Waals surface area contributed by atoms with Crippen molar-refractivity contribution in [1.82, 2.24) is 10.2 Å². The highest BCUT2D eigenvalue weighted by atomic mass is 16.5. The van der Waals surface area contributed by atoms with Gasteiger partial charge in [0.15, 0.2) is 0 Å². The summed E-state index contributed by atoms with van der Waals surface area (Å²) in [5.41, 5.74) is 0. The lowest BCUT2D eigenvalue weighted by Crippen LogP contribution is -2.38. The van der Waals surface area contributed by atoms with E-state index in [9.17, 15) is 0 Å². The maximum Gasteiger partial charge on any atom is 0.0600 e. The third-order valence-corrected chi connectivity index (χ3v) is 4.20. The zero-order valence-electron chi connectivity index (χ0n) is 11.5. The highest BCUT2D eigenvalue weighted by Crippen LogP contribution is 2.23. The Kier molecular flexibility index (Phi) is 5.26. The Morgan fingerprint density at radius 3 is 2.71 bits per heavy atom. The maximum atomic E-state index is 5.99. The van der Waals surface area contributed by atoms with Gasteiger partial charge in [0.05, 0.1) is 12.7 Å². The van der Waals surface area contributed by atoms with E-state index in [2.05, 4.69) is 24.1 Å². The molecule has 0 aromatic rings. The molecule has 3 heteroatoms. The quantitative estimate of drug-likeness (QED) is 0.794. The Morgan fingerprint density at radius 2 is 2.00 bits per heavy atom. The van der Waals surface area contributed by atoms with Crippen molar-refractivity contribution in [3.8, 4) is 0 Å². The van der Waals surface area contributed by atoms with Crippen LogP contribution in [0.25, 0.3) is 0 Å². The van der Waals surface area contributed by atoms with Gasteiger partial charge in [0.1, 0.15) is 0 Å². The molecule has 3 nitrogen and oxygen atoms in total. The van der Waals surface area contributed by atoms with Gasteiger partial charge in [-0.3, -0.25) is 4.90 Å². The predicted molar refractivity (Wildman–Crippen MR) is 71.3 cm³/mol. The van der Waals surface area contributed by atoms with E-state index in [-0.39, 0.29) is 0 Å². The van der Waals surface area contributed by atoms with Crippen molar-refractivity contribution in [3.63, 3.8) is 0 Å². The second-order valence-corrected chi connectivity index (χ2v) is 5.81. The van der Waals surface area contributed by atoms with Crippen LogP contribution < -0.4 is 5.32 Å². The zero-order valence-corrected chi connectivity index (χ0v) is 11.5. The van der Waals surface area contributed by atoms with E-state index in [1.54, 1.807) is 0 Å². The summed E-state index contributed by atoms with van der Waals surface area (Å²) in [6.07, 6.45) is 5.64. The number of ether oxygens (including phenoxy) is 1. The van der Waals surface area contributed by atoms with Gasteiger partial charge in [-0.2, -0.15) is 0 Å². The van der Waals surface area contributed by atoms with Crippen LogP contribution in [0.1, 0.15) is 39.5 Å². The van der Waals surface area contributed by atoms with Crippen molar-refractivity contribution in [2.75, 3.05) is 32.8 Å². The van der Waals surface area contributed by atoms with Crippen LogP contribution >= 0.6 is 0 Å². The Balaban J connectivity index is 1.63. The Bertz CT molecular complexity index is 214. The molecule has 1 N–H and O–H groups in total. The van der Waals surface area contributed by atoms with Gasteiger partial charge in [-0.1, -0.05) is 13.8 Å². The van der Waals surface area contributed by atoms with Crippen molar-refractivity contribution in [2.24, 2.45) is 5.92 Å². The second-order valence-electron chi connectivity index (χ2n) is 5.81. The molecule has 0 aromatic carbocycles. The summed E-state index contributed by atoms with van der Waals surface area (Å²) in [6.45, 7) is 10.3. The molecule has 0 bridgehead atoms. The summed E-state index contributed by atoms with van der Waals surface area (Å²) in [6, 6.07) is 0.798. The largest absolute Gasteiger partial charge is 0.377 e. The minimum Gasteiger partial charge on any atom is -0.377 e. The molecule has 2 aliphatic heterocycles. The second kappa shape index (κ2) is 6.72. The summed E-state index contributed by atoms with van der Waals surface area (Å²) in [5.74, 6) is 0.788. The minimum atomic E-state index is 0.511. The first-order valence-electron chi connectivity index (χ1n) is 7.33. The molecule has 2 rings (SSSR count). The molecule has 100 valence electrons. The Hall–Kier alpha value is -0.120. The molecule has 17 heavy (non-hydrogen) atoms. The summed E-state index contributed by atoms with van der Waals surface area (Å²) < 4.78 is 5.99. The first-order chi connectivity index (χ1) is 8.27. The molecule has 0 amide bonds. The van der Waals surface area contributed by atoms with Crippen LogP contribution in [0.3, 0.4) is 0 Å². The average Bonchev–Trinajstić information content (AvgIpc) is 2.79. The molecule has 0 aliphatic carbocycles. The smallest absolute Gasteiger partial charge is 0.0600 e. The third-order valence-electron chi connectivity index (χ3n) is 4.20. The molecule has 0 saturated carbocycles. The van der Waals surface area contributed by atoms with E-state index in [0.717, 1.165) is 38.2 Å². The lowest BCUT2D eigenvalue weighted by atomic mass is 10.0. The molecule has 0 radical (unpaired) electrons. The van der Waals surface area contributed by atoms with E-state index in [0.29, 0.717) is 6.10 Å². The van der Waals surface area contributed by atoms with Crippen LogP contribution in [0.2, 0.25) is 0 Å². The van der Waals surface area contributed by atoms with E-state index in [4.69, 9.17) is 4.74 Å².